The van der Waals surface area contributed by atoms with Crippen molar-refractivity contribution in [1.29, 1.82) is 0 Å². The minimum absolute atomic E-state index is 0.0141. The molecule has 3 aromatic rings. The van der Waals surface area contributed by atoms with E-state index in [-0.39, 0.29) is 42.3 Å². The number of H-pyrrole nitrogens is 1. The van der Waals surface area contributed by atoms with Crippen molar-refractivity contribution in [1.82, 2.24) is 19.8 Å². The molecule has 1 fully saturated rings. The van der Waals surface area contributed by atoms with Gasteiger partial charge in [-0.05, 0) is 38.0 Å². The molecule has 0 bridgehead atoms. The summed E-state index contributed by atoms with van der Waals surface area (Å²) in [6.45, 7) is 5.09. The minimum atomic E-state index is -0.382. The monoisotopic (exact) mass is 432 g/mol. The van der Waals surface area contributed by atoms with Crippen molar-refractivity contribution in [2.45, 2.75) is 39.3 Å². The summed E-state index contributed by atoms with van der Waals surface area (Å²) in [7, 11) is 0. The van der Waals surface area contributed by atoms with Crippen molar-refractivity contribution < 1.29 is 9.59 Å². The first kappa shape index (κ1) is 21.7. The van der Waals surface area contributed by atoms with Gasteiger partial charge in [0.25, 0.3) is 5.56 Å². The van der Waals surface area contributed by atoms with Crippen LogP contribution in [0.5, 0.6) is 0 Å². The molecule has 1 aliphatic heterocycles. The second kappa shape index (κ2) is 9.34. The number of carbonyl (C=O) groups is 2. The van der Waals surface area contributed by atoms with Crippen LogP contribution >= 0.6 is 0 Å². The van der Waals surface area contributed by atoms with Gasteiger partial charge in [-0.1, -0.05) is 42.5 Å². The second-order valence-corrected chi connectivity index (χ2v) is 8.57. The van der Waals surface area contributed by atoms with Crippen molar-refractivity contribution in [2.24, 2.45) is 5.92 Å². The maximum Gasteiger partial charge on any atom is 0.258 e. The van der Waals surface area contributed by atoms with Gasteiger partial charge in [-0.25, -0.2) is 4.98 Å². The lowest BCUT2D eigenvalue weighted by Gasteiger charge is -2.29. The van der Waals surface area contributed by atoms with E-state index < -0.39 is 0 Å². The van der Waals surface area contributed by atoms with Crippen LogP contribution in [0.2, 0.25) is 0 Å². The number of amides is 2. The maximum absolute atomic E-state index is 13.3. The van der Waals surface area contributed by atoms with Crippen molar-refractivity contribution in [3.05, 3.63) is 76.3 Å². The van der Waals surface area contributed by atoms with E-state index in [4.69, 9.17) is 0 Å². The zero-order chi connectivity index (χ0) is 22.7. The van der Waals surface area contributed by atoms with Crippen LogP contribution in [-0.4, -0.2) is 50.7 Å². The lowest BCUT2D eigenvalue weighted by Crippen LogP contribution is -2.42. The smallest absolute Gasteiger partial charge is 0.258 e. The van der Waals surface area contributed by atoms with E-state index in [0.717, 1.165) is 6.42 Å². The standard InChI is InChI=1S/C25H28N4O3/c1-17(2)29(16-22-26-21-11-7-6-10-20(21)24(31)27-22)25(32)19-14-23(30)28(15-19)13-12-18-8-4-3-5-9-18/h3-11,17,19H,12-16H2,1-2H3,(H,26,27,31). The lowest BCUT2D eigenvalue weighted by atomic mass is 10.1. The van der Waals surface area contributed by atoms with Gasteiger partial charge in [0, 0.05) is 25.6 Å². The summed E-state index contributed by atoms with van der Waals surface area (Å²) in [6, 6.07) is 17.1. The fourth-order valence-corrected chi connectivity index (χ4v) is 4.18. The Kier molecular flexibility index (Phi) is 6.35. The van der Waals surface area contributed by atoms with Crippen LogP contribution in [0.3, 0.4) is 0 Å². The Bertz CT molecular complexity index is 1170. The van der Waals surface area contributed by atoms with Crippen LogP contribution in [0.25, 0.3) is 10.9 Å². The topological polar surface area (TPSA) is 86.4 Å². The molecule has 0 spiro atoms. The van der Waals surface area contributed by atoms with Crippen molar-refractivity contribution in [3.8, 4) is 0 Å². The van der Waals surface area contributed by atoms with Gasteiger partial charge in [-0.3, -0.25) is 14.4 Å². The van der Waals surface area contributed by atoms with Crippen molar-refractivity contribution >= 4 is 22.7 Å². The van der Waals surface area contributed by atoms with Gasteiger partial charge in [0.05, 0.1) is 23.4 Å². The molecule has 1 atom stereocenters. The lowest BCUT2D eigenvalue weighted by molar-refractivity contribution is -0.138. The van der Waals surface area contributed by atoms with E-state index in [0.29, 0.717) is 29.8 Å². The number of aromatic amines is 1. The van der Waals surface area contributed by atoms with Crippen molar-refractivity contribution in [2.75, 3.05) is 13.1 Å². The van der Waals surface area contributed by atoms with Crippen LogP contribution in [0.4, 0.5) is 0 Å². The average molecular weight is 433 g/mol. The predicted molar refractivity (Wildman–Crippen MR) is 123 cm³/mol. The summed E-state index contributed by atoms with van der Waals surface area (Å²) in [5.41, 5.74) is 1.56. The molecule has 1 unspecified atom stereocenters. The summed E-state index contributed by atoms with van der Waals surface area (Å²) < 4.78 is 0. The molecule has 2 amide bonds. The highest BCUT2D eigenvalue weighted by Gasteiger charge is 2.37. The van der Waals surface area contributed by atoms with Gasteiger partial charge in [0.1, 0.15) is 5.82 Å². The number of para-hydroxylation sites is 1. The number of hydrogen-bond donors (Lipinski definition) is 1. The van der Waals surface area contributed by atoms with Gasteiger partial charge < -0.3 is 14.8 Å². The zero-order valence-corrected chi connectivity index (χ0v) is 18.5. The third-order valence-corrected chi connectivity index (χ3v) is 5.97. The molecule has 166 valence electrons. The molecule has 0 saturated carbocycles. The molecule has 32 heavy (non-hydrogen) atoms. The Hall–Kier alpha value is -3.48. The van der Waals surface area contributed by atoms with Gasteiger partial charge in [-0.15, -0.1) is 0 Å². The number of nitrogens with zero attached hydrogens (tertiary/aromatic N) is 3. The van der Waals surface area contributed by atoms with Crippen LogP contribution in [0.15, 0.2) is 59.4 Å². The molecule has 2 heterocycles. The van der Waals surface area contributed by atoms with Crippen LogP contribution in [0, 0.1) is 5.92 Å². The zero-order valence-electron chi connectivity index (χ0n) is 18.5. The largest absolute Gasteiger partial charge is 0.342 e. The van der Waals surface area contributed by atoms with E-state index in [1.54, 1.807) is 28.0 Å². The van der Waals surface area contributed by atoms with E-state index in [2.05, 4.69) is 9.97 Å². The number of hydrogen-bond acceptors (Lipinski definition) is 4. The number of likely N-dealkylation sites (tertiary alicyclic amines) is 1. The molecule has 1 N–H and O–H groups in total. The van der Waals surface area contributed by atoms with Crippen LogP contribution < -0.4 is 5.56 Å². The van der Waals surface area contributed by atoms with Gasteiger partial charge >= 0.3 is 0 Å². The summed E-state index contributed by atoms with van der Waals surface area (Å²) in [5.74, 6) is 0.000418. The van der Waals surface area contributed by atoms with E-state index in [9.17, 15) is 14.4 Å². The SMILES string of the molecule is CC(C)N(Cc1nc2ccccc2c(=O)[nH]1)C(=O)C1CC(=O)N(CCc2ccccc2)C1. The highest BCUT2D eigenvalue weighted by atomic mass is 16.2. The number of nitrogens with one attached hydrogen (secondary N) is 1. The minimum Gasteiger partial charge on any atom is -0.342 e. The molecule has 1 aromatic heterocycles. The summed E-state index contributed by atoms with van der Waals surface area (Å²) in [5, 5.41) is 0.522. The fourth-order valence-electron chi connectivity index (χ4n) is 4.18. The third-order valence-electron chi connectivity index (χ3n) is 5.97. The summed E-state index contributed by atoms with van der Waals surface area (Å²) in [4.78, 5) is 49.1. The normalized spacial score (nSPS) is 16.2. The Labute approximate surface area is 187 Å². The fraction of sp³-hybridized carbons (Fsp3) is 0.360. The highest BCUT2D eigenvalue weighted by Crippen LogP contribution is 2.22. The van der Waals surface area contributed by atoms with E-state index in [1.165, 1.54) is 5.56 Å². The first-order valence-corrected chi connectivity index (χ1v) is 11.0. The predicted octanol–water partition coefficient (Wildman–Crippen LogP) is 2.75. The Morgan fingerprint density at radius 3 is 2.59 bits per heavy atom. The number of aromatic nitrogens is 2. The molecule has 7 heteroatoms. The number of fused-ring (bicyclic) bond motifs is 1. The molecular weight excluding hydrogens is 404 g/mol. The first-order valence-electron chi connectivity index (χ1n) is 11.0. The number of rotatable bonds is 7. The third kappa shape index (κ3) is 4.72. The first-order chi connectivity index (χ1) is 15.4. The van der Waals surface area contributed by atoms with E-state index in [1.807, 2.05) is 50.2 Å². The molecule has 2 aromatic carbocycles. The Balaban J connectivity index is 1.45. The van der Waals surface area contributed by atoms with Crippen molar-refractivity contribution in [3.63, 3.8) is 0 Å². The van der Waals surface area contributed by atoms with Gasteiger partial charge in [-0.2, -0.15) is 0 Å². The Morgan fingerprint density at radius 1 is 1.12 bits per heavy atom. The molecule has 0 aliphatic carbocycles. The summed E-state index contributed by atoms with van der Waals surface area (Å²) in [6.07, 6.45) is 0.988. The molecule has 0 radical (unpaired) electrons. The van der Waals surface area contributed by atoms with Gasteiger partial charge in [0.2, 0.25) is 11.8 Å². The number of carbonyl (C=O) groups excluding carboxylic acids is 2. The quantitative estimate of drug-likeness (QED) is 0.622. The van der Waals surface area contributed by atoms with Crippen LogP contribution in [-0.2, 0) is 22.6 Å². The molecule has 1 aliphatic rings. The molecule has 1 saturated heterocycles. The van der Waals surface area contributed by atoms with E-state index >= 15 is 0 Å². The molecular formula is C25H28N4O3. The second-order valence-electron chi connectivity index (χ2n) is 8.57. The van der Waals surface area contributed by atoms with Crippen LogP contribution in [0.1, 0.15) is 31.7 Å². The average Bonchev–Trinajstić information content (AvgIpc) is 3.16. The highest BCUT2D eigenvalue weighted by molar-refractivity contribution is 5.89. The maximum atomic E-state index is 13.3. The summed E-state index contributed by atoms with van der Waals surface area (Å²) >= 11 is 0. The molecule has 4 rings (SSSR count). The Morgan fingerprint density at radius 2 is 1.84 bits per heavy atom. The van der Waals surface area contributed by atoms with Gasteiger partial charge in [0.15, 0.2) is 0 Å². The number of benzene rings is 2. The molecule has 7 nitrogen and oxygen atoms in total.